The first-order valence-electron chi connectivity index (χ1n) is 20.2. The number of aliphatic hydroxyl groups is 1. The second-order valence-electron chi connectivity index (χ2n) is 17.3. The number of aliphatic hydroxyl groups excluding tert-OH is 1. The number of hydrogen-bond acceptors (Lipinski definition) is 5. The van der Waals surface area contributed by atoms with Crippen LogP contribution in [0.1, 0.15) is 124 Å². The molecule has 1 N–H and O–H groups in total. The molecule has 1 radical (unpaired) electrons. The third kappa shape index (κ3) is 8.94. The molecule has 0 saturated carbocycles. The van der Waals surface area contributed by atoms with Crippen molar-refractivity contribution >= 4 is 48.9 Å². The molecule has 6 heteroatoms. The second kappa shape index (κ2) is 17.9. The average molecular weight is 949 g/mol. The van der Waals surface area contributed by atoms with Crippen molar-refractivity contribution in [3.63, 3.8) is 0 Å². The van der Waals surface area contributed by atoms with Crippen LogP contribution in [0.2, 0.25) is 0 Å². The summed E-state index contributed by atoms with van der Waals surface area (Å²) in [4.78, 5) is 18.4. The van der Waals surface area contributed by atoms with Gasteiger partial charge in [0, 0.05) is 75.0 Å². The Hall–Kier alpha value is -3.57. The Morgan fingerprint density at radius 2 is 1.54 bits per heavy atom. The first kappa shape index (κ1) is 45.1. The maximum Gasteiger partial charge on any atom is 0.164 e. The van der Waals surface area contributed by atoms with Crippen LogP contribution in [0.4, 0.5) is 0 Å². The molecule has 0 fully saturated rings. The number of hydrogen-bond donors (Lipinski definition) is 1. The minimum atomic E-state index is -0.337. The van der Waals surface area contributed by atoms with Gasteiger partial charge in [-0.25, -0.2) is 0 Å². The van der Waals surface area contributed by atoms with Crippen LogP contribution < -0.4 is 0 Å². The Balaban J connectivity index is 0.000000330. The number of ketones is 1. The van der Waals surface area contributed by atoms with Crippen molar-refractivity contribution in [2.24, 2.45) is 16.7 Å². The quantitative estimate of drug-likeness (QED) is 0.0798. The Morgan fingerprint density at radius 3 is 2.14 bits per heavy atom. The zero-order valence-electron chi connectivity index (χ0n) is 35.9. The molecule has 0 aliphatic rings. The summed E-state index contributed by atoms with van der Waals surface area (Å²) in [6.07, 6.45) is 7.71. The Morgan fingerprint density at radius 1 is 0.893 bits per heavy atom. The molecule has 56 heavy (non-hydrogen) atoms. The van der Waals surface area contributed by atoms with E-state index in [1.54, 1.807) is 0 Å². The number of rotatable bonds is 11. The van der Waals surface area contributed by atoms with Crippen LogP contribution in [-0.4, -0.2) is 15.9 Å². The number of aryl methyl sites for hydroxylation is 2. The molecule has 0 aliphatic carbocycles. The number of carbonyl (C=O) groups excluding carboxylic acids is 1. The summed E-state index contributed by atoms with van der Waals surface area (Å²) >= 11 is 1.84. The van der Waals surface area contributed by atoms with Crippen LogP contribution in [0.5, 0.6) is 0 Å². The van der Waals surface area contributed by atoms with E-state index in [1.807, 2.05) is 59.1 Å². The predicted octanol–water partition coefficient (Wildman–Crippen LogP) is 15.1. The van der Waals surface area contributed by atoms with Crippen LogP contribution >= 0.6 is 11.3 Å². The molecule has 0 aliphatic heterocycles. The molecule has 3 aromatic heterocycles. The summed E-state index contributed by atoms with van der Waals surface area (Å²) in [7, 11) is 0. The van der Waals surface area contributed by atoms with Gasteiger partial charge in [0.2, 0.25) is 0 Å². The van der Waals surface area contributed by atoms with E-state index >= 15 is 0 Å². The third-order valence-electron chi connectivity index (χ3n) is 12.2. The van der Waals surface area contributed by atoms with Gasteiger partial charge in [-0.3, -0.25) is 9.78 Å². The van der Waals surface area contributed by atoms with Gasteiger partial charge in [-0.15, -0.1) is 40.5 Å². The molecule has 0 unspecified atom stereocenters. The molecule has 0 spiro atoms. The normalized spacial score (nSPS) is 12.6. The van der Waals surface area contributed by atoms with Gasteiger partial charge in [0.15, 0.2) is 5.78 Å². The smallest absolute Gasteiger partial charge is 0.164 e. The topological polar surface area (TPSA) is 63.3 Å². The Labute approximate surface area is 353 Å². The molecule has 0 saturated heterocycles. The van der Waals surface area contributed by atoms with Crippen molar-refractivity contribution < 1.29 is 34.4 Å². The van der Waals surface area contributed by atoms with Crippen molar-refractivity contribution in [1.29, 1.82) is 0 Å². The Bertz CT molecular complexity index is 2340. The van der Waals surface area contributed by atoms with Crippen molar-refractivity contribution in [3.8, 4) is 21.7 Å². The van der Waals surface area contributed by atoms with Gasteiger partial charge in [0.1, 0.15) is 17.1 Å². The predicted molar refractivity (Wildman–Crippen MR) is 236 cm³/mol. The van der Waals surface area contributed by atoms with Crippen molar-refractivity contribution in [1.82, 2.24) is 4.98 Å². The molecule has 3 aromatic carbocycles. The van der Waals surface area contributed by atoms with Gasteiger partial charge < -0.3 is 9.52 Å². The van der Waals surface area contributed by atoms with E-state index < -0.39 is 0 Å². The molecule has 6 rings (SSSR count). The zero-order valence-corrected chi connectivity index (χ0v) is 39.1. The standard InChI is InChI=1S/C35H34NOS.C15H28O2.Ir/c1-20(2)17-28-22(4)37-30-14-10-13-27(31(28)30)33-21(3)25-15-16-36-32(34(25)38-33)24-18-23-11-8-9-12-26(23)29(19-24)35(5,6)7;1-7-14(5,8-2)12(16)11-13(17)15(6,9-3)10-4;/h8-16,19-20H,17H2,1-7H3;11,16H,7-10H2,1-6H3;/q-1;;/b;12-11-;. The summed E-state index contributed by atoms with van der Waals surface area (Å²) in [6.45, 7) is 27.8. The van der Waals surface area contributed by atoms with Crippen molar-refractivity contribution in [3.05, 3.63) is 101 Å². The monoisotopic (exact) mass is 949 g/mol. The molecule has 3 heterocycles. The van der Waals surface area contributed by atoms with Gasteiger partial charge >= 0.3 is 0 Å². The SMILES string of the molecule is CCC(C)(CC)C(=O)/C=C(\O)C(C)(CC)CC.Cc1oc2cccc(-c3sc4c(-c5[c-]c6ccccc6c(C(C)(C)C)c5)nccc4c3C)c2c1CC(C)C.[Ir]. The minimum Gasteiger partial charge on any atom is -0.512 e. The summed E-state index contributed by atoms with van der Waals surface area (Å²) in [5.74, 6) is 1.87. The van der Waals surface area contributed by atoms with E-state index in [-0.39, 0.29) is 47.9 Å². The fourth-order valence-electron chi connectivity index (χ4n) is 7.43. The number of benzene rings is 3. The molecular formula is C50H62IrNO3S-. The van der Waals surface area contributed by atoms with E-state index in [0.717, 1.165) is 60.1 Å². The molecule has 0 bridgehead atoms. The number of pyridine rings is 1. The third-order valence-corrected chi connectivity index (χ3v) is 13.5. The molecule has 6 aromatic rings. The molecular weight excluding hydrogens is 887 g/mol. The molecule has 4 nitrogen and oxygen atoms in total. The summed E-state index contributed by atoms with van der Waals surface area (Å²) in [5.41, 5.74) is 7.67. The van der Waals surface area contributed by atoms with Crippen LogP contribution in [0.25, 0.3) is 53.5 Å². The van der Waals surface area contributed by atoms with Gasteiger partial charge in [-0.2, -0.15) is 0 Å². The number of aromatic nitrogens is 1. The number of carbonyl (C=O) groups is 1. The maximum atomic E-state index is 12.2. The van der Waals surface area contributed by atoms with Crippen LogP contribution in [0.15, 0.2) is 77.0 Å². The van der Waals surface area contributed by atoms with E-state index in [0.29, 0.717) is 5.92 Å². The average Bonchev–Trinajstić information content (AvgIpc) is 3.68. The fraction of sp³-hybridized carbons (Fsp3) is 0.440. The maximum absolute atomic E-state index is 12.2. The first-order valence-corrected chi connectivity index (χ1v) is 21.0. The first-order chi connectivity index (χ1) is 25.9. The number of fused-ring (bicyclic) bond motifs is 3. The summed E-state index contributed by atoms with van der Waals surface area (Å²) in [5, 5.41) is 15.1. The van der Waals surface area contributed by atoms with Gasteiger partial charge in [0.05, 0.1) is 0 Å². The molecule has 301 valence electrons. The van der Waals surface area contributed by atoms with Gasteiger partial charge in [-0.1, -0.05) is 117 Å². The second-order valence-corrected chi connectivity index (χ2v) is 18.3. The van der Waals surface area contributed by atoms with Gasteiger partial charge in [-0.05, 0) is 80.4 Å². The van der Waals surface area contributed by atoms with E-state index in [1.165, 1.54) is 54.1 Å². The number of allylic oxidation sites excluding steroid dienone is 2. The number of nitrogens with zero attached hydrogens (tertiary/aromatic N) is 1. The van der Waals surface area contributed by atoms with Crippen LogP contribution in [-0.2, 0) is 36.7 Å². The fourth-order valence-corrected chi connectivity index (χ4v) is 8.77. The van der Waals surface area contributed by atoms with E-state index in [2.05, 4.69) is 109 Å². The van der Waals surface area contributed by atoms with Gasteiger partial charge in [0.25, 0.3) is 0 Å². The molecule has 0 amide bonds. The number of thiophene rings is 1. The van der Waals surface area contributed by atoms with Crippen LogP contribution in [0.3, 0.4) is 0 Å². The van der Waals surface area contributed by atoms with Crippen molar-refractivity contribution in [2.45, 2.75) is 128 Å². The zero-order chi connectivity index (χ0) is 40.5. The summed E-state index contributed by atoms with van der Waals surface area (Å²) in [6, 6.07) is 23.2. The molecule has 0 atom stereocenters. The van der Waals surface area contributed by atoms with Crippen LogP contribution in [0, 0.1) is 36.7 Å². The van der Waals surface area contributed by atoms with Crippen molar-refractivity contribution in [2.75, 3.05) is 0 Å². The summed E-state index contributed by atoms with van der Waals surface area (Å²) < 4.78 is 7.46. The minimum absolute atomic E-state index is 0. The number of furan rings is 1. The Kier molecular flexibility index (Phi) is 14.4. The largest absolute Gasteiger partial charge is 0.512 e. The van der Waals surface area contributed by atoms with E-state index in [9.17, 15) is 9.90 Å². The van der Waals surface area contributed by atoms with E-state index in [4.69, 9.17) is 9.40 Å².